The van der Waals surface area contributed by atoms with Crippen LogP contribution in [0.2, 0.25) is 5.02 Å². The fourth-order valence-electron chi connectivity index (χ4n) is 2.78. The molecule has 3 rings (SSSR count). The maximum Gasteiger partial charge on any atom is 0.416 e. The van der Waals surface area contributed by atoms with Gasteiger partial charge in [-0.25, -0.2) is 0 Å². The summed E-state index contributed by atoms with van der Waals surface area (Å²) in [7, 11) is 0. The number of fused-ring (bicyclic) bond motifs is 1. The number of anilines is 1. The van der Waals surface area contributed by atoms with Gasteiger partial charge in [-0.05, 0) is 24.3 Å². The zero-order chi connectivity index (χ0) is 19.8. The van der Waals surface area contributed by atoms with Crippen LogP contribution in [0.15, 0.2) is 47.5 Å². The maximum atomic E-state index is 13.2. The summed E-state index contributed by atoms with van der Waals surface area (Å²) >= 11 is 6.17. The Kier molecular flexibility index (Phi) is 4.93. The molecule has 2 aromatic carbocycles. The molecular weight excluding hydrogens is 385 g/mol. The van der Waals surface area contributed by atoms with Crippen molar-refractivity contribution in [2.45, 2.75) is 6.18 Å². The molecule has 0 saturated carbocycles. The van der Waals surface area contributed by atoms with Crippen LogP contribution in [0.25, 0.3) is 0 Å². The van der Waals surface area contributed by atoms with Crippen LogP contribution in [0.1, 0.15) is 16.7 Å². The number of carbonyl (C=O) groups excluding carboxylic acids is 1. The van der Waals surface area contributed by atoms with Crippen LogP contribution in [0, 0.1) is 0 Å². The number of hydrogen-bond acceptors (Lipinski definition) is 3. The first kappa shape index (κ1) is 18.9. The van der Waals surface area contributed by atoms with E-state index in [0.29, 0.717) is 5.56 Å². The average Bonchev–Trinajstić information content (AvgIpc) is 2.72. The largest absolute Gasteiger partial charge is 0.480 e. The van der Waals surface area contributed by atoms with Crippen molar-refractivity contribution in [3.63, 3.8) is 0 Å². The van der Waals surface area contributed by atoms with Crippen molar-refractivity contribution < 1.29 is 27.9 Å². The highest BCUT2D eigenvalue weighted by atomic mass is 35.5. The van der Waals surface area contributed by atoms with E-state index in [4.69, 9.17) is 16.7 Å². The molecule has 1 aliphatic rings. The molecule has 27 heavy (non-hydrogen) atoms. The van der Waals surface area contributed by atoms with E-state index in [9.17, 15) is 22.8 Å². The van der Waals surface area contributed by atoms with Gasteiger partial charge in [-0.15, -0.1) is 0 Å². The molecule has 0 atom stereocenters. The second-order valence-electron chi connectivity index (χ2n) is 5.75. The smallest absolute Gasteiger partial charge is 0.416 e. The van der Waals surface area contributed by atoms with Crippen molar-refractivity contribution in [2.75, 3.05) is 18.0 Å². The summed E-state index contributed by atoms with van der Waals surface area (Å²) in [5, 5.41) is 9.33. The fraction of sp³-hybridized carbons (Fsp3) is 0.167. The van der Waals surface area contributed by atoms with Crippen LogP contribution in [0.4, 0.5) is 18.9 Å². The number of benzene rings is 2. The Hall–Kier alpha value is -2.87. The van der Waals surface area contributed by atoms with Crippen LogP contribution < -0.4 is 4.90 Å². The summed E-state index contributed by atoms with van der Waals surface area (Å²) in [5.41, 5.74) is -0.463. The zero-order valence-electron chi connectivity index (χ0n) is 13.6. The van der Waals surface area contributed by atoms with E-state index in [0.717, 1.165) is 23.1 Å². The normalized spacial score (nSPS) is 14.4. The third-order valence-corrected chi connectivity index (χ3v) is 4.30. The number of aliphatic carboxylic acids is 1. The van der Waals surface area contributed by atoms with E-state index in [2.05, 4.69) is 4.99 Å². The van der Waals surface area contributed by atoms with E-state index in [1.807, 2.05) is 0 Å². The number of nitrogens with zero attached hydrogens (tertiary/aromatic N) is 2. The predicted molar refractivity (Wildman–Crippen MR) is 93.4 cm³/mol. The molecule has 0 aliphatic carbocycles. The third kappa shape index (κ3) is 3.80. The highest BCUT2D eigenvalue weighted by Crippen LogP contribution is 2.35. The minimum absolute atomic E-state index is 0.00924. The van der Waals surface area contributed by atoms with Crippen molar-refractivity contribution in [1.82, 2.24) is 0 Å². The van der Waals surface area contributed by atoms with E-state index < -0.39 is 36.7 Å². The number of alkyl halides is 3. The lowest BCUT2D eigenvalue weighted by atomic mass is 9.97. The van der Waals surface area contributed by atoms with Crippen LogP contribution in [-0.2, 0) is 15.8 Å². The molecule has 140 valence electrons. The average molecular weight is 397 g/mol. The first-order valence-corrected chi connectivity index (χ1v) is 8.09. The number of amides is 1. The third-order valence-electron chi connectivity index (χ3n) is 3.97. The van der Waals surface area contributed by atoms with Crippen LogP contribution in [0.5, 0.6) is 0 Å². The van der Waals surface area contributed by atoms with Gasteiger partial charge in [0.15, 0.2) is 0 Å². The molecule has 1 heterocycles. The van der Waals surface area contributed by atoms with Crippen LogP contribution in [-0.4, -0.2) is 35.8 Å². The molecule has 0 radical (unpaired) electrons. The van der Waals surface area contributed by atoms with Gasteiger partial charge in [0.1, 0.15) is 13.1 Å². The van der Waals surface area contributed by atoms with Crippen molar-refractivity contribution in [3.05, 3.63) is 64.2 Å². The minimum atomic E-state index is -4.62. The minimum Gasteiger partial charge on any atom is -0.480 e. The number of carboxylic acids is 1. The molecule has 0 bridgehead atoms. The monoisotopic (exact) mass is 396 g/mol. The Morgan fingerprint density at radius 1 is 1.19 bits per heavy atom. The van der Waals surface area contributed by atoms with Gasteiger partial charge in [0.2, 0.25) is 5.91 Å². The SMILES string of the molecule is O=C(O)CN1C(=O)CN=C(c2ccccc2Cl)c2cc(C(F)(F)F)ccc21. The van der Waals surface area contributed by atoms with Gasteiger partial charge in [0.05, 0.1) is 17.0 Å². The van der Waals surface area contributed by atoms with Crippen LogP contribution in [0.3, 0.4) is 0 Å². The van der Waals surface area contributed by atoms with Crippen molar-refractivity contribution >= 4 is 34.9 Å². The summed E-state index contributed by atoms with van der Waals surface area (Å²) in [5.74, 6) is -1.93. The number of benzodiazepines with no additional fused rings is 1. The highest BCUT2D eigenvalue weighted by molar-refractivity contribution is 6.36. The van der Waals surface area contributed by atoms with Crippen molar-refractivity contribution in [3.8, 4) is 0 Å². The topological polar surface area (TPSA) is 70.0 Å². The van der Waals surface area contributed by atoms with Gasteiger partial charge in [0.25, 0.3) is 0 Å². The Morgan fingerprint density at radius 2 is 1.89 bits per heavy atom. The molecule has 1 N–H and O–H groups in total. The molecule has 0 spiro atoms. The van der Waals surface area contributed by atoms with Crippen LogP contribution >= 0.6 is 11.6 Å². The summed E-state index contributed by atoms with van der Waals surface area (Å²) < 4.78 is 39.6. The molecule has 0 aromatic heterocycles. The van der Waals surface area contributed by atoms with E-state index in [1.54, 1.807) is 24.3 Å². The number of carboxylic acid groups (broad SMARTS) is 1. The molecule has 1 amide bonds. The Balaban J connectivity index is 2.26. The van der Waals surface area contributed by atoms with Gasteiger partial charge >= 0.3 is 12.1 Å². The summed E-state index contributed by atoms with van der Waals surface area (Å²) in [6.45, 7) is -1.10. The Labute approximate surface area is 156 Å². The van der Waals surface area contributed by atoms with E-state index in [-0.39, 0.29) is 22.0 Å². The molecule has 0 saturated heterocycles. The number of hydrogen-bond donors (Lipinski definition) is 1. The molecular formula is C18H12ClF3N2O3. The molecule has 0 unspecified atom stereocenters. The highest BCUT2D eigenvalue weighted by Gasteiger charge is 2.34. The summed E-state index contributed by atoms with van der Waals surface area (Å²) in [4.78, 5) is 28.5. The lowest BCUT2D eigenvalue weighted by molar-refractivity contribution is -0.138. The summed E-state index contributed by atoms with van der Waals surface area (Å²) in [6.07, 6.45) is -4.62. The first-order chi connectivity index (χ1) is 12.7. The number of carbonyl (C=O) groups is 2. The van der Waals surface area contributed by atoms with Gasteiger partial charge < -0.3 is 5.11 Å². The van der Waals surface area contributed by atoms with Crippen molar-refractivity contribution in [1.29, 1.82) is 0 Å². The van der Waals surface area contributed by atoms with Gasteiger partial charge in [-0.3, -0.25) is 19.5 Å². The second-order valence-corrected chi connectivity index (χ2v) is 6.16. The maximum absolute atomic E-state index is 13.2. The lowest BCUT2D eigenvalue weighted by Crippen LogP contribution is -2.37. The number of halogens is 4. The predicted octanol–water partition coefficient (Wildman–Crippen LogP) is 3.63. The fourth-order valence-corrected chi connectivity index (χ4v) is 3.01. The first-order valence-electron chi connectivity index (χ1n) is 7.71. The molecule has 9 heteroatoms. The molecule has 1 aliphatic heterocycles. The standard InChI is InChI=1S/C18H12ClF3N2O3/c19-13-4-2-1-3-11(13)17-12-7-10(18(20,21)22)5-6-14(12)24(9-16(26)27)15(25)8-23-17/h1-7H,8-9H2,(H,26,27). The Bertz CT molecular complexity index is 957. The molecule has 5 nitrogen and oxygen atoms in total. The van der Waals surface area contributed by atoms with Gasteiger partial charge in [-0.2, -0.15) is 13.2 Å². The van der Waals surface area contributed by atoms with Crippen molar-refractivity contribution in [2.24, 2.45) is 4.99 Å². The van der Waals surface area contributed by atoms with E-state index in [1.165, 1.54) is 0 Å². The second kappa shape index (κ2) is 7.03. The lowest BCUT2D eigenvalue weighted by Gasteiger charge is -2.22. The van der Waals surface area contributed by atoms with Gasteiger partial charge in [0, 0.05) is 16.1 Å². The van der Waals surface area contributed by atoms with Gasteiger partial charge in [-0.1, -0.05) is 29.8 Å². The quantitative estimate of drug-likeness (QED) is 0.861. The zero-order valence-corrected chi connectivity index (χ0v) is 14.4. The molecule has 0 fully saturated rings. The van der Waals surface area contributed by atoms with E-state index >= 15 is 0 Å². The number of aliphatic imine (C=N–C) groups is 1. The summed E-state index contributed by atoms with van der Waals surface area (Å²) in [6, 6.07) is 9.14. The molecule has 2 aromatic rings. The Morgan fingerprint density at radius 3 is 2.52 bits per heavy atom. The number of rotatable bonds is 3.